The average molecular weight is 359 g/mol. The van der Waals surface area contributed by atoms with E-state index in [9.17, 15) is 0 Å². The maximum atomic E-state index is 2.71. The molecule has 1 saturated carbocycles. The predicted octanol–water partition coefficient (Wildman–Crippen LogP) is 5.79. The molecule has 0 bridgehead atoms. The topological polar surface area (TPSA) is 6.48 Å². The molecule has 0 heterocycles. The van der Waals surface area contributed by atoms with Crippen molar-refractivity contribution in [2.45, 2.75) is 78.2 Å². The minimum Gasteiger partial charge on any atom is -0.302 e. The molecule has 2 nitrogen and oxygen atoms in total. The summed E-state index contributed by atoms with van der Waals surface area (Å²) < 4.78 is 0. The fourth-order valence-corrected chi connectivity index (χ4v) is 4.99. The van der Waals surface area contributed by atoms with Crippen molar-refractivity contribution in [3.8, 4) is 0 Å². The van der Waals surface area contributed by atoms with Crippen LogP contribution in [0.2, 0.25) is 0 Å². The van der Waals surface area contributed by atoms with E-state index in [0.29, 0.717) is 6.04 Å². The van der Waals surface area contributed by atoms with Crippen LogP contribution >= 0.6 is 0 Å². The van der Waals surface area contributed by atoms with Crippen molar-refractivity contribution in [3.63, 3.8) is 0 Å². The first kappa shape index (κ1) is 21.4. The van der Waals surface area contributed by atoms with Crippen molar-refractivity contribution in [2.75, 3.05) is 32.7 Å². The molecular weight excluding hydrogens is 316 g/mol. The molecule has 2 atom stereocenters. The van der Waals surface area contributed by atoms with Gasteiger partial charge in [-0.15, -0.1) is 0 Å². The average Bonchev–Trinajstić information content (AvgIpc) is 2.71. The summed E-state index contributed by atoms with van der Waals surface area (Å²) in [6.07, 6.45) is 8.47. The van der Waals surface area contributed by atoms with Crippen LogP contribution in [0, 0.1) is 5.92 Å². The normalized spacial score (nSPS) is 18.4. The smallest absolute Gasteiger partial charge is 0.0228 e. The maximum Gasteiger partial charge on any atom is 0.0228 e. The molecule has 0 spiro atoms. The monoisotopic (exact) mass is 358 g/mol. The third kappa shape index (κ3) is 6.09. The molecule has 2 heteroatoms. The number of nitrogens with zero attached hydrogens (tertiary/aromatic N) is 2. The van der Waals surface area contributed by atoms with Gasteiger partial charge in [0.25, 0.3) is 0 Å². The highest BCUT2D eigenvalue weighted by Gasteiger charge is 2.30. The zero-order valence-corrected chi connectivity index (χ0v) is 17.8. The highest BCUT2D eigenvalue weighted by molar-refractivity contribution is 5.21. The van der Waals surface area contributed by atoms with Gasteiger partial charge in [-0.3, -0.25) is 4.90 Å². The minimum atomic E-state index is 0.664. The van der Waals surface area contributed by atoms with Crippen LogP contribution in [0.25, 0.3) is 0 Å². The van der Waals surface area contributed by atoms with Crippen LogP contribution in [0.4, 0.5) is 0 Å². The van der Waals surface area contributed by atoms with Crippen molar-refractivity contribution in [1.82, 2.24) is 9.80 Å². The van der Waals surface area contributed by atoms with E-state index in [1.165, 1.54) is 45.1 Å². The van der Waals surface area contributed by atoms with Crippen molar-refractivity contribution in [2.24, 2.45) is 5.92 Å². The van der Waals surface area contributed by atoms with Crippen molar-refractivity contribution >= 4 is 0 Å². The summed E-state index contributed by atoms with van der Waals surface area (Å²) in [7, 11) is 0. The van der Waals surface area contributed by atoms with Gasteiger partial charge < -0.3 is 4.90 Å². The molecule has 0 aliphatic heterocycles. The fraction of sp³-hybridized carbons (Fsp3) is 0.750. The first-order chi connectivity index (χ1) is 12.7. The molecule has 1 aromatic carbocycles. The number of hydrogen-bond acceptors (Lipinski definition) is 2. The standard InChI is InChI=1S/C24H42N2/c1-5-25(6-2)20-23(26(7-3)8-4)19-24(21-15-11-9-12-16-21)22-17-13-10-14-18-22/h9,11-12,15-16,22-24H,5-8,10,13-14,17-20H2,1-4H3. The van der Waals surface area contributed by atoms with Gasteiger partial charge in [0.15, 0.2) is 0 Å². The van der Waals surface area contributed by atoms with Gasteiger partial charge >= 0.3 is 0 Å². The van der Waals surface area contributed by atoms with E-state index in [1.54, 1.807) is 5.56 Å². The highest BCUT2D eigenvalue weighted by atomic mass is 15.2. The SMILES string of the molecule is CCN(CC)CC(CC(c1ccccc1)C1CCCCC1)N(CC)CC. The molecule has 1 aliphatic carbocycles. The van der Waals surface area contributed by atoms with Gasteiger partial charge in [0.05, 0.1) is 0 Å². The quantitative estimate of drug-likeness (QED) is 0.494. The molecule has 2 rings (SSSR count). The van der Waals surface area contributed by atoms with Gasteiger partial charge in [0.2, 0.25) is 0 Å². The molecule has 2 unspecified atom stereocenters. The van der Waals surface area contributed by atoms with E-state index in [4.69, 9.17) is 0 Å². The van der Waals surface area contributed by atoms with Crippen molar-refractivity contribution < 1.29 is 0 Å². The van der Waals surface area contributed by atoms with E-state index >= 15 is 0 Å². The Kier molecular flexibility index (Phi) is 9.71. The van der Waals surface area contributed by atoms with Crippen LogP contribution in [-0.2, 0) is 0 Å². The summed E-state index contributed by atoms with van der Waals surface area (Å²) in [5.74, 6) is 1.60. The Hall–Kier alpha value is -0.860. The lowest BCUT2D eigenvalue weighted by Gasteiger charge is -2.39. The number of rotatable bonds is 11. The Morgan fingerprint density at radius 3 is 2.00 bits per heavy atom. The lowest BCUT2D eigenvalue weighted by atomic mass is 9.74. The van der Waals surface area contributed by atoms with E-state index in [-0.39, 0.29) is 0 Å². The van der Waals surface area contributed by atoms with Gasteiger partial charge in [-0.05, 0) is 62.8 Å². The van der Waals surface area contributed by atoms with Crippen LogP contribution in [0.1, 0.15) is 77.7 Å². The third-order valence-electron chi connectivity index (χ3n) is 6.66. The van der Waals surface area contributed by atoms with Crippen LogP contribution in [0.5, 0.6) is 0 Å². The number of hydrogen-bond donors (Lipinski definition) is 0. The summed E-state index contributed by atoms with van der Waals surface area (Å²) in [5.41, 5.74) is 1.58. The molecule has 0 radical (unpaired) electrons. The van der Waals surface area contributed by atoms with Gasteiger partial charge in [-0.25, -0.2) is 0 Å². The Bertz CT molecular complexity index is 458. The van der Waals surface area contributed by atoms with Crippen LogP contribution in [-0.4, -0.2) is 48.6 Å². The first-order valence-corrected chi connectivity index (χ1v) is 11.2. The molecule has 0 amide bonds. The Morgan fingerprint density at radius 1 is 0.846 bits per heavy atom. The van der Waals surface area contributed by atoms with Crippen molar-refractivity contribution in [3.05, 3.63) is 35.9 Å². The predicted molar refractivity (Wildman–Crippen MR) is 115 cm³/mol. The molecular formula is C24H42N2. The van der Waals surface area contributed by atoms with Crippen LogP contribution in [0.3, 0.4) is 0 Å². The highest BCUT2D eigenvalue weighted by Crippen LogP contribution is 2.39. The zero-order valence-electron chi connectivity index (χ0n) is 17.8. The third-order valence-corrected chi connectivity index (χ3v) is 6.66. The second-order valence-corrected chi connectivity index (χ2v) is 8.01. The van der Waals surface area contributed by atoms with E-state index in [0.717, 1.165) is 38.0 Å². The molecule has 1 aliphatic rings. The summed E-state index contributed by atoms with van der Waals surface area (Å²) in [6.45, 7) is 15.1. The summed E-state index contributed by atoms with van der Waals surface area (Å²) in [4.78, 5) is 5.32. The van der Waals surface area contributed by atoms with Crippen LogP contribution in [0.15, 0.2) is 30.3 Å². The fourth-order valence-electron chi connectivity index (χ4n) is 4.99. The Morgan fingerprint density at radius 2 is 1.46 bits per heavy atom. The van der Waals surface area contributed by atoms with Crippen molar-refractivity contribution in [1.29, 1.82) is 0 Å². The lowest BCUT2D eigenvalue weighted by molar-refractivity contribution is 0.129. The molecule has 0 aromatic heterocycles. The van der Waals surface area contributed by atoms with Gasteiger partial charge in [-0.2, -0.15) is 0 Å². The summed E-state index contributed by atoms with van der Waals surface area (Å²) in [6, 6.07) is 12.1. The van der Waals surface area contributed by atoms with E-state index in [2.05, 4.69) is 67.8 Å². The Balaban J connectivity index is 2.22. The molecule has 0 saturated heterocycles. The number of likely N-dealkylation sites (N-methyl/N-ethyl adjacent to an activating group) is 2. The number of benzene rings is 1. The van der Waals surface area contributed by atoms with Crippen LogP contribution < -0.4 is 0 Å². The Labute approximate surface area is 163 Å². The van der Waals surface area contributed by atoms with E-state index < -0.39 is 0 Å². The van der Waals surface area contributed by atoms with Gasteiger partial charge in [0.1, 0.15) is 0 Å². The minimum absolute atomic E-state index is 0.664. The van der Waals surface area contributed by atoms with Gasteiger partial charge in [0, 0.05) is 12.6 Å². The lowest BCUT2D eigenvalue weighted by Crippen LogP contribution is -2.45. The molecule has 26 heavy (non-hydrogen) atoms. The summed E-state index contributed by atoms with van der Waals surface area (Å²) in [5, 5.41) is 0. The molecule has 0 N–H and O–H groups in total. The maximum absolute atomic E-state index is 2.71. The molecule has 148 valence electrons. The molecule has 1 fully saturated rings. The second-order valence-electron chi connectivity index (χ2n) is 8.01. The summed E-state index contributed by atoms with van der Waals surface area (Å²) >= 11 is 0. The zero-order chi connectivity index (χ0) is 18.8. The van der Waals surface area contributed by atoms with Gasteiger partial charge in [-0.1, -0.05) is 77.3 Å². The van der Waals surface area contributed by atoms with E-state index in [1.807, 2.05) is 0 Å². The largest absolute Gasteiger partial charge is 0.302 e. The molecule has 1 aromatic rings. The second kappa shape index (κ2) is 11.8. The first-order valence-electron chi connectivity index (χ1n) is 11.2.